The normalized spacial score (nSPS) is 10.1. The van der Waals surface area contributed by atoms with Crippen LogP contribution in [0, 0.1) is 28.4 Å². The van der Waals surface area contributed by atoms with E-state index >= 15 is 0 Å². The van der Waals surface area contributed by atoms with Gasteiger partial charge in [0.15, 0.2) is 0 Å². The van der Waals surface area contributed by atoms with Crippen LogP contribution in [0.4, 0.5) is 5.69 Å². The number of rotatable bonds is 3. The molecule has 1 aromatic carbocycles. The predicted octanol–water partition coefficient (Wildman–Crippen LogP) is 1.87. The summed E-state index contributed by atoms with van der Waals surface area (Å²) < 4.78 is 0. The highest BCUT2D eigenvalue weighted by atomic mass is 16.6. The summed E-state index contributed by atoms with van der Waals surface area (Å²) in [6, 6.07) is 4.39. The molecular formula is C11H8N2O4. The van der Waals surface area contributed by atoms with Gasteiger partial charge in [-0.25, -0.2) is 4.79 Å². The number of nitrogens with zero attached hydrogens (tertiary/aromatic N) is 2. The van der Waals surface area contributed by atoms with Crippen molar-refractivity contribution in [2.24, 2.45) is 0 Å². The Morgan fingerprint density at radius 1 is 1.59 bits per heavy atom. The second-order valence-corrected chi connectivity index (χ2v) is 3.27. The Balaban J connectivity index is 3.39. The number of carboxylic acids is 1. The summed E-state index contributed by atoms with van der Waals surface area (Å²) in [6.45, 7) is 1.63. The van der Waals surface area contributed by atoms with Gasteiger partial charge in [-0.3, -0.25) is 10.1 Å². The first-order valence-electron chi connectivity index (χ1n) is 4.56. The molecule has 0 aromatic heterocycles. The third-order valence-corrected chi connectivity index (χ3v) is 2.10. The van der Waals surface area contributed by atoms with Crippen LogP contribution < -0.4 is 0 Å². The first-order chi connectivity index (χ1) is 7.95. The molecule has 0 unspecified atom stereocenters. The molecule has 86 valence electrons. The zero-order valence-electron chi connectivity index (χ0n) is 8.88. The molecule has 0 atom stereocenters. The predicted molar refractivity (Wildman–Crippen MR) is 59.2 cm³/mol. The van der Waals surface area contributed by atoms with E-state index in [-0.39, 0.29) is 16.8 Å². The van der Waals surface area contributed by atoms with Crippen LogP contribution in [0.1, 0.15) is 16.7 Å². The average Bonchev–Trinajstić information content (AvgIpc) is 2.25. The Labute approximate surface area is 96.6 Å². The van der Waals surface area contributed by atoms with Crippen molar-refractivity contribution in [2.45, 2.75) is 6.92 Å². The number of hydrogen-bond acceptors (Lipinski definition) is 4. The Kier molecular flexibility index (Phi) is 3.57. The van der Waals surface area contributed by atoms with Crippen molar-refractivity contribution >= 4 is 17.7 Å². The Hall–Kier alpha value is -2.68. The van der Waals surface area contributed by atoms with Crippen LogP contribution in [0.5, 0.6) is 0 Å². The van der Waals surface area contributed by atoms with E-state index in [0.717, 1.165) is 18.2 Å². The lowest BCUT2D eigenvalue weighted by Gasteiger charge is -2.01. The lowest BCUT2D eigenvalue weighted by molar-refractivity contribution is -0.385. The van der Waals surface area contributed by atoms with Gasteiger partial charge in [0, 0.05) is 12.1 Å². The minimum Gasteiger partial charge on any atom is -0.478 e. The standard InChI is InChI=1S/C11H8N2O4/c1-7-4-8(2-3-11(14)15)10(13(16)17)5-9(7)6-12/h2-5H,1H3,(H,14,15)/b3-2+. The summed E-state index contributed by atoms with van der Waals surface area (Å²) >= 11 is 0. The Bertz CT molecular complexity index is 555. The highest BCUT2D eigenvalue weighted by Gasteiger charge is 2.14. The number of aliphatic carboxylic acids is 1. The lowest BCUT2D eigenvalue weighted by atomic mass is 10.0. The summed E-state index contributed by atoms with van der Waals surface area (Å²) in [7, 11) is 0. The van der Waals surface area contributed by atoms with Crippen molar-refractivity contribution < 1.29 is 14.8 Å². The van der Waals surface area contributed by atoms with Crippen LogP contribution in [-0.4, -0.2) is 16.0 Å². The number of carbonyl (C=O) groups is 1. The maximum atomic E-state index is 10.8. The van der Waals surface area contributed by atoms with Gasteiger partial charge < -0.3 is 5.11 Å². The third-order valence-electron chi connectivity index (χ3n) is 2.10. The average molecular weight is 232 g/mol. The largest absolute Gasteiger partial charge is 0.478 e. The molecule has 0 spiro atoms. The summed E-state index contributed by atoms with van der Waals surface area (Å²) in [6.07, 6.45) is 1.95. The summed E-state index contributed by atoms with van der Waals surface area (Å²) in [4.78, 5) is 20.5. The number of aryl methyl sites for hydroxylation is 1. The van der Waals surface area contributed by atoms with Gasteiger partial charge in [-0.1, -0.05) is 0 Å². The monoisotopic (exact) mass is 232 g/mol. The van der Waals surface area contributed by atoms with E-state index in [2.05, 4.69) is 0 Å². The summed E-state index contributed by atoms with van der Waals surface area (Å²) in [5.41, 5.74) is 0.630. The highest BCUT2D eigenvalue weighted by molar-refractivity contribution is 5.86. The van der Waals surface area contributed by atoms with Crippen molar-refractivity contribution in [1.82, 2.24) is 0 Å². The number of benzene rings is 1. The molecule has 0 aliphatic heterocycles. The molecule has 1 aromatic rings. The van der Waals surface area contributed by atoms with E-state index in [0.29, 0.717) is 5.56 Å². The van der Waals surface area contributed by atoms with E-state index in [1.165, 1.54) is 6.07 Å². The van der Waals surface area contributed by atoms with Crippen LogP contribution in [0.2, 0.25) is 0 Å². The van der Waals surface area contributed by atoms with Crippen LogP contribution in [0.3, 0.4) is 0 Å². The fourth-order valence-corrected chi connectivity index (χ4v) is 1.29. The van der Waals surface area contributed by atoms with Crippen molar-refractivity contribution in [3.8, 4) is 6.07 Å². The number of carboxylic acid groups (broad SMARTS) is 1. The minimum absolute atomic E-state index is 0.161. The second-order valence-electron chi connectivity index (χ2n) is 3.27. The fourth-order valence-electron chi connectivity index (χ4n) is 1.29. The van der Waals surface area contributed by atoms with Gasteiger partial charge >= 0.3 is 5.97 Å². The Morgan fingerprint density at radius 2 is 2.24 bits per heavy atom. The molecule has 6 heteroatoms. The second kappa shape index (κ2) is 4.90. The molecule has 0 radical (unpaired) electrons. The van der Waals surface area contributed by atoms with Gasteiger partial charge in [0.25, 0.3) is 5.69 Å². The zero-order chi connectivity index (χ0) is 13.0. The number of hydrogen-bond donors (Lipinski definition) is 1. The van der Waals surface area contributed by atoms with Gasteiger partial charge in [-0.15, -0.1) is 0 Å². The SMILES string of the molecule is Cc1cc(/C=C/C(=O)O)c([N+](=O)[O-])cc1C#N. The molecular weight excluding hydrogens is 224 g/mol. The van der Waals surface area contributed by atoms with Crippen LogP contribution in [0.15, 0.2) is 18.2 Å². The number of nitriles is 1. The molecule has 6 nitrogen and oxygen atoms in total. The van der Waals surface area contributed by atoms with E-state index in [9.17, 15) is 14.9 Å². The van der Waals surface area contributed by atoms with Gasteiger partial charge in [0.1, 0.15) is 0 Å². The highest BCUT2D eigenvalue weighted by Crippen LogP contribution is 2.24. The lowest BCUT2D eigenvalue weighted by Crippen LogP contribution is -1.95. The molecule has 0 fully saturated rings. The fraction of sp³-hybridized carbons (Fsp3) is 0.0909. The van der Waals surface area contributed by atoms with Gasteiger partial charge in [0.05, 0.1) is 22.1 Å². The topological polar surface area (TPSA) is 104 Å². The van der Waals surface area contributed by atoms with E-state index in [1.54, 1.807) is 6.92 Å². The van der Waals surface area contributed by atoms with Crippen LogP contribution in [0.25, 0.3) is 6.08 Å². The molecule has 0 heterocycles. The molecule has 0 amide bonds. The third kappa shape index (κ3) is 2.89. The minimum atomic E-state index is -1.19. The molecule has 0 saturated heterocycles. The zero-order valence-corrected chi connectivity index (χ0v) is 8.88. The summed E-state index contributed by atoms with van der Waals surface area (Å²) in [5, 5.41) is 28.0. The van der Waals surface area contributed by atoms with E-state index in [1.807, 2.05) is 6.07 Å². The summed E-state index contributed by atoms with van der Waals surface area (Å²) in [5.74, 6) is -1.19. The first-order valence-corrected chi connectivity index (χ1v) is 4.56. The smallest absolute Gasteiger partial charge is 0.328 e. The molecule has 1 N–H and O–H groups in total. The number of nitro benzene ring substituents is 1. The van der Waals surface area contributed by atoms with Crippen LogP contribution in [-0.2, 0) is 4.79 Å². The first kappa shape index (κ1) is 12.4. The quantitative estimate of drug-likeness (QED) is 0.486. The molecule has 0 saturated carbocycles. The van der Waals surface area contributed by atoms with Gasteiger partial charge in [-0.2, -0.15) is 5.26 Å². The number of nitro groups is 1. The molecule has 1 rings (SSSR count). The molecule has 0 aliphatic carbocycles. The molecule has 0 bridgehead atoms. The van der Waals surface area contributed by atoms with Crippen LogP contribution >= 0.6 is 0 Å². The van der Waals surface area contributed by atoms with Crippen molar-refractivity contribution in [1.29, 1.82) is 5.26 Å². The maximum absolute atomic E-state index is 10.8. The van der Waals surface area contributed by atoms with E-state index in [4.69, 9.17) is 10.4 Å². The van der Waals surface area contributed by atoms with Crippen molar-refractivity contribution in [3.05, 3.63) is 45.0 Å². The van der Waals surface area contributed by atoms with Crippen molar-refractivity contribution in [3.63, 3.8) is 0 Å². The van der Waals surface area contributed by atoms with E-state index < -0.39 is 10.9 Å². The Morgan fingerprint density at radius 3 is 2.71 bits per heavy atom. The van der Waals surface area contributed by atoms with Gasteiger partial charge in [0.2, 0.25) is 0 Å². The van der Waals surface area contributed by atoms with Gasteiger partial charge in [-0.05, 0) is 24.6 Å². The molecule has 17 heavy (non-hydrogen) atoms. The molecule has 0 aliphatic rings. The maximum Gasteiger partial charge on any atom is 0.328 e. The van der Waals surface area contributed by atoms with Crippen molar-refractivity contribution in [2.75, 3.05) is 0 Å².